The number of hydrogen-bond donors (Lipinski definition) is 1. The van der Waals surface area contributed by atoms with E-state index in [4.69, 9.17) is 0 Å². The Labute approximate surface area is 159 Å². The van der Waals surface area contributed by atoms with Gasteiger partial charge in [-0.3, -0.25) is 4.79 Å². The first-order valence-electron chi connectivity index (χ1n) is 8.67. The Kier molecular flexibility index (Phi) is 6.04. The third kappa shape index (κ3) is 5.53. The van der Waals surface area contributed by atoms with E-state index in [0.717, 1.165) is 11.1 Å². The first-order chi connectivity index (χ1) is 13.0. The van der Waals surface area contributed by atoms with E-state index in [9.17, 15) is 13.2 Å². The molecule has 0 fully saturated rings. The summed E-state index contributed by atoms with van der Waals surface area (Å²) in [5.74, 6) is -1.20. The van der Waals surface area contributed by atoms with E-state index in [1.54, 1.807) is 24.3 Å². The average molecular weight is 379 g/mol. The summed E-state index contributed by atoms with van der Waals surface area (Å²) in [6, 6.07) is 27.5. The summed E-state index contributed by atoms with van der Waals surface area (Å²) in [7, 11) is -3.56. The Balaban J connectivity index is 1.75. The van der Waals surface area contributed by atoms with Crippen molar-refractivity contribution in [2.24, 2.45) is 0 Å². The van der Waals surface area contributed by atoms with Gasteiger partial charge in [0.15, 0.2) is 9.84 Å². The standard InChI is InChI=1S/C22H21NO3S/c24-21(17-27(25,26)16-18-10-4-1-5-11-18)23-22(19-12-6-2-7-13-19)20-14-8-3-9-15-20/h1-15,22H,16-17H2,(H,23,24). The van der Waals surface area contributed by atoms with Gasteiger partial charge in [0.2, 0.25) is 5.91 Å². The lowest BCUT2D eigenvalue weighted by molar-refractivity contribution is -0.119. The molecule has 0 spiro atoms. The summed E-state index contributed by atoms with van der Waals surface area (Å²) in [5.41, 5.74) is 2.47. The Bertz CT molecular complexity index is 932. The van der Waals surface area contributed by atoms with Crippen LogP contribution in [0.1, 0.15) is 22.7 Å². The smallest absolute Gasteiger partial charge is 0.235 e. The van der Waals surface area contributed by atoms with E-state index >= 15 is 0 Å². The predicted octanol–water partition coefficient (Wildman–Crippen LogP) is 3.51. The molecule has 3 aromatic carbocycles. The van der Waals surface area contributed by atoms with Crippen LogP contribution in [-0.2, 0) is 20.4 Å². The Hall–Kier alpha value is -2.92. The summed E-state index contributed by atoms with van der Waals surface area (Å²) in [4.78, 5) is 12.5. The fourth-order valence-electron chi connectivity index (χ4n) is 2.93. The molecule has 0 aliphatic carbocycles. The van der Waals surface area contributed by atoms with E-state index in [2.05, 4.69) is 5.32 Å². The Morgan fingerprint density at radius 3 is 1.67 bits per heavy atom. The van der Waals surface area contributed by atoms with Crippen LogP contribution in [0.2, 0.25) is 0 Å². The molecule has 0 bridgehead atoms. The van der Waals surface area contributed by atoms with Crippen molar-refractivity contribution in [3.63, 3.8) is 0 Å². The lowest BCUT2D eigenvalue weighted by Gasteiger charge is -2.20. The zero-order valence-electron chi connectivity index (χ0n) is 14.8. The molecule has 0 aliphatic rings. The molecule has 3 aromatic rings. The maximum absolute atomic E-state index is 12.5. The van der Waals surface area contributed by atoms with Crippen molar-refractivity contribution in [3.05, 3.63) is 108 Å². The topological polar surface area (TPSA) is 63.2 Å². The van der Waals surface area contributed by atoms with Gasteiger partial charge in [-0.15, -0.1) is 0 Å². The van der Waals surface area contributed by atoms with Crippen LogP contribution < -0.4 is 5.32 Å². The normalized spacial score (nSPS) is 11.3. The highest BCUT2D eigenvalue weighted by Gasteiger charge is 2.21. The van der Waals surface area contributed by atoms with E-state index in [1.807, 2.05) is 66.7 Å². The third-order valence-electron chi connectivity index (χ3n) is 4.15. The molecule has 0 aliphatic heterocycles. The van der Waals surface area contributed by atoms with E-state index in [-0.39, 0.29) is 5.75 Å². The number of amides is 1. The molecule has 0 saturated carbocycles. The minimum Gasteiger partial charge on any atom is -0.344 e. The van der Waals surface area contributed by atoms with Crippen molar-refractivity contribution < 1.29 is 13.2 Å². The minimum absolute atomic E-state index is 0.150. The van der Waals surface area contributed by atoms with Crippen molar-refractivity contribution in [3.8, 4) is 0 Å². The highest BCUT2D eigenvalue weighted by Crippen LogP contribution is 2.21. The molecular formula is C22H21NO3S. The minimum atomic E-state index is -3.56. The quantitative estimate of drug-likeness (QED) is 0.683. The summed E-state index contributed by atoms with van der Waals surface area (Å²) >= 11 is 0. The summed E-state index contributed by atoms with van der Waals surface area (Å²) < 4.78 is 24.8. The van der Waals surface area contributed by atoms with Crippen molar-refractivity contribution in [2.75, 3.05) is 5.75 Å². The fraction of sp³-hybridized carbons (Fsp3) is 0.136. The molecule has 0 saturated heterocycles. The van der Waals surface area contributed by atoms with Crippen LogP contribution >= 0.6 is 0 Å². The number of carbonyl (C=O) groups excluding carboxylic acids is 1. The molecular weight excluding hydrogens is 358 g/mol. The second-order valence-electron chi connectivity index (χ2n) is 6.34. The molecule has 138 valence electrons. The second kappa shape index (κ2) is 8.64. The number of nitrogens with one attached hydrogen (secondary N) is 1. The van der Waals surface area contributed by atoms with E-state index < -0.39 is 27.5 Å². The first-order valence-corrected chi connectivity index (χ1v) is 10.5. The molecule has 5 heteroatoms. The summed E-state index contributed by atoms with van der Waals surface area (Å²) in [6.07, 6.45) is 0. The highest BCUT2D eigenvalue weighted by molar-refractivity contribution is 7.91. The zero-order valence-corrected chi connectivity index (χ0v) is 15.6. The molecule has 0 aromatic heterocycles. The molecule has 27 heavy (non-hydrogen) atoms. The molecule has 1 N–H and O–H groups in total. The van der Waals surface area contributed by atoms with Crippen molar-refractivity contribution in [1.29, 1.82) is 0 Å². The van der Waals surface area contributed by atoms with Crippen LogP contribution in [-0.4, -0.2) is 20.1 Å². The van der Waals surface area contributed by atoms with Gasteiger partial charge < -0.3 is 5.32 Å². The SMILES string of the molecule is O=C(CS(=O)(=O)Cc1ccccc1)NC(c1ccccc1)c1ccccc1. The van der Waals surface area contributed by atoms with Gasteiger partial charge in [-0.2, -0.15) is 0 Å². The molecule has 0 heterocycles. The van der Waals surface area contributed by atoms with Crippen LogP contribution in [0.3, 0.4) is 0 Å². The molecule has 1 amide bonds. The van der Waals surface area contributed by atoms with Gasteiger partial charge in [0, 0.05) is 0 Å². The van der Waals surface area contributed by atoms with Crippen molar-refractivity contribution in [1.82, 2.24) is 5.32 Å². The summed E-state index contributed by atoms with van der Waals surface area (Å²) in [6.45, 7) is 0. The van der Waals surface area contributed by atoms with Gasteiger partial charge in [0.25, 0.3) is 0 Å². The van der Waals surface area contributed by atoms with Crippen LogP contribution in [0.15, 0.2) is 91.0 Å². The van der Waals surface area contributed by atoms with Gasteiger partial charge in [-0.25, -0.2) is 8.42 Å². The molecule has 4 nitrogen and oxygen atoms in total. The molecule has 0 atom stereocenters. The number of hydrogen-bond acceptors (Lipinski definition) is 3. The van der Waals surface area contributed by atoms with E-state index in [1.165, 1.54) is 0 Å². The van der Waals surface area contributed by atoms with Crippen LogP contribution in [0, 0.1) is 0 Å². The monoisotopic (exact) mass is 379 g/mol. The van der Waals surface area contributed by atoms with Crippen LogP contribution in [0.4, 0.5) is 0 Å². The van der Waals surface area contributed by atoms with Crippen LogP contribution in [0.25, 0.3) is 0 Å². The Morgan fingerprint density at radius 1 is 0.741 bits per heavy atom. The number of benzene rings is 3. The lowest BCUT2D eigenvalue weighted by atomic mass is 9.99. The maximum atomic E-state index is 12.5. The number of sulfone groups is 1. The third-order valence-corrected chi connectivity index (χ3v) is 5.63. The zero-order chi connectivity index (χ0) is 19.1. The molecule has 0 unspecified atom stereocenters. The van der Waals surface area contributed by atoms with Gasteiger partial charge in [-0.1, -0.05) is 91.0 Å². The number of carbonyl (C=O) groups is 1. The van der Waals surface area contributed by atoms with Crippen molar-refractivity contribution >= 4 is 15.7 Å². The maximum Gasteiger partial charge on any atom is 0.235 e. The molecule has 0 radical (unpaired) electrons. The highest BCUT2D eigenvalue weighted by atomic mass is 32.2. The second-order valence-corrected chi connectivity index (χ2v) is 8.40. The van der Waals surface area contributed by atoms with Crippen LogP contribution in [0.5, 0.6) is 0 Å². The molecule has 3 rings (SSSR count). The first kappa shape index (κ1) is 18.9. The van der Waals surface area contributed by atoms with Crippen molar-refractivity contribution in [2.45, 2.75) is 11.8 Å². The number of rotatable bonds is 7. The fourth-order valence-corrected chi connectivity index (χ4v) is 4.22. The predicted molar refractivity (Wildman–Crippen MR) is 107 cm³/mol. The summed E-state index contributed by atoms with van der Waals surface area (Å²) in [5, 5.41) is 2.87. The Morgan fingerprint density at radius 2 is 1.19 bits per heavy atom. The van der Waals surface area contributed by atoms with Gasteiger partial charge in [0.05, 0.1) is 11.8 Å². The van der Waals surface area contributed by atoms with Gasteiger partial charge in [-0.05, 0) is 16.7 Å². The van der Waals surface area contributed by atoms with Gasteiger partial charge >= 0.3 is 0 Å². The lowest BCUT2D eigenvalue weighted by Crippen LogP contribution is -2.34. The average Bonchev–Trinajstić information content (AvgIpc) is 2.67. The van der Waals surface area contributed by atoms with Gasteiger partial charge in [0.1, 0.15) is 5.75 Å². The largest absolute Gasteiger partial charge is 0.344 e. The van der Waals surface area contributed by atoms with E-state index in [0.29, 0.717) is 5.56 Å².